The minimum absolute atomic E-state index is 0.0278. The first-order chi connectivity index (χ1) is 20.5. The van der Waals surface area contributed by atoms with Crippen LogP contribution in [0.4, 0.5) is 4.79 Å². The number of benzene rings is 1. The van der Waals surface area contributed by atoms with Gasteiger partial charge in [0, 0.05) is 50.2 Å². The average molecular weight is 594 g/mol. The molecule has 0 saturated carbocycles. The van der Waals surface area contributed by atoms with E-state index < -0.39 is 29.6 Å². The van der Waals surface area contributed by atoms with Crippen molar-refractivity contribution in [3.8, 4) is 11.4 Å². The van der Waals surface area contributed by atoms with Crippen molar-refractivity contribution in [2.24, 2.45) is 0 Å². The highest BCUT2D eigenvalue weighted by molar-refractivity contribution is 5.97. The van der Waals surface area contributed by atoms with Crippen LogP contribution < -0.4 is 5.32 Å². The van der Waals surface area contributed by atoms with Crippen molar-refractivity contribution >= 4 is 29.5 Å². The first-order valence-electron chi connectivity index (χ1n) is 14.5. The number of aromatic nitrogens is 2. The Labute approximate surface area is 251 Å². The Bertz CT molecular complexity index is 1350. The highest BCUT2D eigenvalue weighted by Crippen LogP contribution is 2.25. The first kappa shape index (κ1) is 31.5. The van der Waals surface area contributed by atoms with E-state index in [1.807, 2.05) is 30.3 Å². The summed E-state index contributed by atoms with van der Waals surface area (Å²) in [6.45, 7) is 8.93. The predicted molar refractivity (Wildman–Crippen MR) is 158 cm³/mol. The summed E-state index contributed by atoms with van der Waals surface area (Å²) >= 11 is 0. The van der Waals surface area contributed by atoms with Crippen LogP contribution in [0.3, 0.4) is 0 Å². The van der Waals surface area contributed by atoms with Gasteiger partial charge in [-0.05, 0) is 40.2 Å². The molecule has 2 aromatic rings. The number of carbonyl (C=O) groups is 4. The number of piperazine rings is 1. The molecule has 0 radical (unpaired) electrons. The van der Waals surface area contributed by atoms with Crippen LogP contribution in [0, 0.1) is 0 Å². The topological polar surface area (TPSA) is 140 Å². The fraction of sp³-hybridized carbons (Fsp3) is 0.484. The minimum Gasteiger partial charge on any atom is -0.500 e. The number of hydrogen-bond acceptors (Lipinski definition) is 9. The Kier molecular flexibility index (Phi) is 10.3. The van der Waals surface area contributed by atoms with Gasteiger partial charge in [-0.1, -0.05) is 30.3 Å². The zero-order valence-electron chi connectivity index (χ0n) is 25.1. The number of esters is 1. The lowest BCUT2D eigenvalue weighted by molar-refractivity contribution is -0.155. The molecule has 230 valence electrons. The molecule has 43 heavy (non-hydrogen) atoms. The second-order valence-corrected chi connectivity index (χ2v) is 11.3. The highest BCUT2D eigenvalue weighted by Gasteiger charge is 2.32. The van der Waals surface area contributed by atoms with Crippen molar-refractivity contribution in [1.82, 2.24) is 25.1 Å². The monoisotopic (exact) mass is 593 g/mol. The third-order valence-corrected chi connectivity index (χ3v) is 6.81. The fourth-order valence-electron chi connectivity index (χ4n) is 4.71. The molecule has 12 heteroatoms. The Morgan fingerprint density at radius 3 is 2.35 bits per heavy atom. The third-order valence-electron chi connectivity index (χ3n) is 6.81. The Morgan fingerprint density at radius 2 is 1.72 bits per heavy atom. The fourth-order valence-corrected chi connectivity index (χ4v) is 4.71. The van der Waals surface area contributed by atoms with Gasteiger partial charge < -0.3 is 29.3 Å². The molecule has 1 N–H and O–H groups in total. The van der Waals surface area contributed by atoms with Crippen LogP contribution in [0.15, 0.2) is 42.7 Å². The van der Waals surface area contributed by atoms with Gasteiger partial charge in [-0.15, -0.1) is 0 Å². The van der Waals surface area contributed by atoms with Gasteiger partial charge in [0.05, 0.1) is 25.2 Å². The molecule has 1 aromatic heterocycles. The van der Waals surface area contributed by atoms with Gasteiger partial charge in [-0.2, -0.15) is 0 Å². The summed E-state index contributed by atoms with van der Waals surface area (Å²) < 4.78 is 15.9. The summed E-state index contributed by atoms with van der Waals surface area (Å²) in [4.78, 5) is 64.3. The zero-order chi connectivity index (χ0) is 31.0. The molecule has 0 unspecified atom stereocenters. The van der Waals surface area contributed by atoms with E-state index in [1.54, 1.807) is 44.9 Å². The molecule has 1 saturated heterocycles. The molecule has 0 aliphatic carbocycles. The van der Waals surface area contributed by atoms with Crippen LogP contribution in [0.2, 0.25) is 0 Å². The lowest BCUT2D eigenvalue weighted by Gasteiger charge is -2.36. The van der Waals surface area contributed by atoms with Gasteiger partial charge in [0.25, 0.3) is 5.91 Å². The van der Waals surface area contributed by atoms with Gasteiger partial charge in [0.2, 0.25) is 5.91 Å². The molecule has 1 aromatic carbocycles. The van der Waals surface area contributed by atoms with Crippen LogP contribution in [0.5, 0.6) is 0 Å². The number of hydrogen-bond donors (Lipinski definition) is 1. The van der Waals surface area contributed by atoms with E-state index in [9.17, 15) is 19.2 Å². The summed E-state index contributed by atoms with van der Waals surface area (Å²) in [5.74, 6) is -1.05. The van der Waals surface area contributed by atoms with Crippen LogP contribution >= 0.6 is 0 Å². The molecule has 2 aliphatic rings. The number of nitrogens with zero attached hydrogens (tertiary/aromatic N) is 4. The molecule has 3 heterocycles. The van der Waals surface area contributed by atoms with Gasteiger partial charge in [-0.3, -0.25) is 14.4 Å². The van der Waals surface area contributed by atoms with E-state index in [4.69, 9.17) is 14.2 Å². The maximum Gasteiger partial charge on any atom is 0.409 e. The standard InChI is InChI=1S/C31H39N5O7/c1-5-42-30(40)36-16-14-35(15-17-36)29(39)23(11-12-26(37)43-31(2,3)4)34-28(38)25-19-24(22-13-18-41-20-22)32-27(33-25)21-9-7-6-8-10-21/h6-10,19-20,23H,5,11-18H2,1-4H3,(H,34,38)/t23-/m0/s1. The highest BCUT2D eigenvalue weighted by atomic mass is 16.6. The number of carbonyl (C=O) groups excluding carboxylic acids is 4. The van der Waals surface area contributed by atoms with Crippen LogP contribution in [0.1, 0.15) is 63.1 Å². The third kappa shape index (κ3) is 8.76. The minimum atomic E-state index is -1.03. The zero-order valence-corrected chi connectivity index (χ0v) is 25.1. The summed E-state index contributed by atoms with van der Waals surface area (Å²) in [7, 11) is 0. The number of nitrogens with one attached hydrogen (secondary N) is 1. The molecular formula is C31H39N5O7. The molecule has 0 spiro atoms. The van der Waals surface area contributed by atoms with E-state index in [2.05, 4.69) is 15.3 Å². The van der Waals surface area contributed by atoms with Crippen molar-refractivity contribution < 1.29 is 33.4 Å². The van der Waals surface area contributed by atoms with Crippen LogP contribution in [0.25, 0.3) is 17.0 Å². The Hall–Kier alpha value is -4.48. The Morgan fingerprint density at radius 1 is 1.02 bits per heavy atom. The van der Waals surface area contributed by atoms with E-state index in [-0.39, 0.29) is 44.1 Å². The number of amides is 3. The SMILES string of the molecule is CCOC(=O)N1CCN(C(=O)[C@H](CCC(=O)OC(C)(C)C)NC(=O)c2cc(C3=COCC3)nc(-c3ccccc3)n2)CC1. The molecule has 4 rings (SSSR count). The molecule has 12 nitrogen and oxygen atoms in total. The molecule has 1 fully saturated rings. The van der Waals surface area contributed by atoms with Gasteiger partial charge in [0.15, 0.2) is 5.82 Å². The normalized spacial score (nSPS) is 15.7. The summed E-state index contributed by atoms with van der Waals surface area (Å²) in [6, 6.07) is 9.85. The quantitative estimate of drug-likeness (QED) is 0.433. The van der Waals surface area contributed by atoms with E-state index >= 15 is 0 Å². The molecule has 1 atom stereocenters. The van der Waals surface area contributed by atoms with Crippen molar-refractivity contribution in [2.75, 3.05) is 39.4 Å². The number of ether oxygens (including phenoxy) is 3. The predicted octanol–water partition coefficient (Wildman–Crippen LogP) is 3.43. The molecule has 0 bridgehead atoms. The average Bonchev–Trinajstić information content (AvgIpc) is 3.54. The van der Waals surface area contributed by atoms with E-state index in [0.717, 1.165) is 11.1 Å². The largest absolute Gasteiger partial charge is 0.500 e. The van der Waals surface area contributed by atoms with Gasteiger partial charge in [-0.25, -0.2) is 14.8 Å². The van der Waals surface area contributed by atoms with Crippen molar-refractivity contribution in [1.29, 1.82) is 0 Å². The van der Waals surface area contributed by atoms with Crippen molar-refractivity contribution in [2.45, 2.75) is 58.6 Å². The number of rotatable bonds is 9. The van der Waals surface area contributed by atoms with Crippen molar-refractivity contribution in [3.63, 3.8) is 0 Å². The lowest BCUT2D eigenvalue weighted by Crippen LogP contribution is -2.56. The molecular weight excluding hydrogens is 554 g/mol. The maximum absolute atomic E-state index is 13.7. The second kappa shape index (κ2) is 14.1. The summed E-state index contributed by atoms with van der Waals surface area (Å²) in [5.41, 5.74) is 1.52. The van der Waals surface area contributed by atoms with Gasteiger partial charge >= 0.3 is 12.1 Å². The second-order valence-electron chi connectivity index (χ2n) is 11.3. The lowest BCUT2D eigenvalue weighted by atomic mass is 10.1. The first-order valence-corrected chi connectivity index (χ1v) is 14.5. The molecule has 2 aliphatic heterocycles. The Balaban J connectivity index is 1.56. The summed E-state index contributed by atoms with van der Waals surface area (Å²) in [5, 5.41) is 2.82. The van der Waals surface area contributed by atoms with E-state index in [0.29, 0.717) is 37.6 Å². The summed E-state index contributed by atoms with van der Waals surface area (Å²) in [6.07, 6.45) is 1.79. The smallest absolute Gasteiger partial charge is 0.409 e. The van der Waals surface area contributed by atoms with Crippen LogP contribution in [-0.4, -0.2) is 94.7 Å². The van der Waals surface area contributed by atoms with Crippen LogP contribution in [-0.2, 0) is 23.8 Å². The maximum atomic E-state index is 13.7. The van der Waals surface area contributed by atoms with Gasteiger partial charge in [0.1, 0.15) is 17.3 Å². The van der Waals surface area contributed by atoms with E-state index in [1.165, 1.54) is 4.90 Å². The van der Waals surface area contributed by atoms with Crippen molar-refractivity contribution in [3.05, 3.63) is 54.0 Å². The molecule has 3 amide bonds.